The summed E-state index contributed by atoms with van der Waals surface area (Å²) < 4.78 is 0. The number of anilines is 2. The Kier molecular flexibility index (Phi) is 5.15. The summed E-state index contributed by atoms with van der Waals surface area (Å²) in [4.78, 5) is 10.4. The van der Waals surface area contributed by atoms with Crippen molar-refractivity contribution in [2.24, 2.45) is 0 Å². The standard InChI is InChI=1S/C12H22N4O/c1-4-5-10-11(13)14-8-15-12(10)16(6-7-17)9(2)3/h8-9,17H,4-7H2,1-3H3,(H2,13,14,15). The molecule has 17 heavy (non-hydrogen) atoms. The van der Waals surface area contributed by atoms with Crippen LogP contribution in [-0.2, 0) is 6.42 Å². The Morgan fingerprint density at radius 2 is 2.12 bits per heavy atom. The predicted octanol–water partition coefficient (Wildman–Crippen LogP) is 1.22. The molecule has 0 spiro atoms. The SMILES string of the molecule is CCCc1c(N)ncnc1N(CCO)C(C)C. The summed E-state index contributed by atoms with van der Waals surface area (Å²) in [5, 5.41) is 9.12. The lowest BCUT2D eigenvalue weighted by atomic mass is 10.1. The molecular weight excluding hydrogens is 216 g/mol. The predicted molar refractivity (Wildman–Crippen MR) is 70.0 cm³/mol. The largest absolute Gasteiger partial charge is 0.395 e. The normalized spacial score (nSPS) is 10.9. The first-order valence-corrected chi connectivity index (χ1v) is 6.08. The highest BCUT2D eigenvalue weighted by Gasteiger charge is 2.17. The first kappa shape index (κ1) is 13.7. The Morgan fingerprint density at radius 1 is 1.41 bits per heavy atom. The minimum absolute atomic E-state index is 0.105. The Balaban J connectivity index is 3.12. The van der Waals surface area contributed by atoms with Crippen molar-refractivity contribution in [1.82, 2.24) is 9.97 Å². The summed E-state index contributed by atoms with van der Waals surface area (Å²) in [6.45, 7) is 6.91. The molecule has 0 saturated heterocycles. The smallest absolute Gasteiger partial charge is 0.137 e. The number of hydrogen-bond acceptors (Lipinski definition) is 5. The monoisotopic (exact) mass is 238 g/mol. The van der Waals surface area contributed by atoms with Crippen LogP contribution in [0.1, 0.15) is 32.8 Å². The molecule has 0 radical (unpaired) electrons. The molecule has 5 nitrogen and oxygen atoms in total. The zero-order valence-electron chi connectivity index (χ0n) is 10.8. The molecule has 0 saturated carbocycles. The Labute approximate surface area is 103 Å². The molecule has 0 bridgehead atoms. The molecule has 1 aromatic rings. The van der Waals surface area contributed by atoms with Gasteiger partial charge in [-0.1, -0.05) is 13.3 Å². The Hall–Kier alpha value is -1.36. The van der Waals surface area contributed by atoms with E-state index in [-0.39, 0.29) is 12.6 Å². The molecule has 0 aliphatic rings. The van der Waals surface area contributed by atoms with Crippen LogP contribution < -0.4 is 10.6 Å². The van der Waals surface area contributed by atoms with Crippen LogP contribution in [0.5, 0.6) is 0 Å². The molecule has 0 aliphatic carbocycles. The third-order valence-electron chi connectivity index (χ3n) is 2.69. The van der Waals surface area contributed by atoms with Gasteiger partial charge in [-0.3, -0.25) is 0 Å². The van der Waals surface area contributed by atoms with E-state index in [4.69, 9.17) is 10.8 Å². The number of hydrogen-bond donors (Lipinski definition) is 2. The Bertz CT molecular complexity index is 354. The lowest BCUT2D eigenvalue weighted by Crippen LogP contribution is -2.35. The van der Waals surface area contributed by atoms with Gasteiger partial charge in [0.15, 0.2) is 0 Å². The summed E-state index contributed by atoms with van der Waals surface area (Å²) >= 11 is 0. The highest BCUT2D eigenvalue weighted by Crippen LogP contribution is 2.24. The van der Waals surface area contributed by atoms with E-state index in [0.717, 1.165) is 24.2 Å². The average Bonchev–Trinajstić information content (AvgIpc) is 2.29. The number of nitrogen functional groups attached to an aromatic ring is 1. The molecule has 0 unspecified atom stereocenters. The number of nitrogens with zero attached hydrogens (tertiary/aromatic N) is 3. The van der Waals surface area contributed by atoms with Crippen molar-refractivity contribution in [3.05, 3.63) is 11.9 Å². The highest BCUT2D eigenvalue weighted by atomic mass is 16.3. The molecule has 96 valence electrons. The van der Waals surface area contributed by atoms with Crippen molar-refractivity contribution in [2.45, 2.75) is 39.7 Å². The minimum Gasteiger partial charge on any atom is -0.395 e. The van der Waals surface area contributed by atoms with Gasteiger partial charge in [0, 0.05) is 18.2 Å². The van der Waals surface area contributed by atoms with E-state index in [2.05, 4.69) is 35.6 Å². The van der Waals surface area contributed by atoms with Gasteiger partial charge in [0.05, 0.1) is 6.61 Å². The van der Waals surface area contributed by atoms with Crippen LogP contribution in [-0.4, -0.2) is 34.3 Å². The van der Waals surface area contributed by atoms with Crippen LogP contribution in [0.3, 0.4) is 0 Å². The molecule has 0 amide bonds. The van der Waals surface area contributed by atoms with Crippen molar-refractivity contribution in [3.63, 3.8) is 0 Å². The van der Waals surface area contributed by atoms with Gasteiger partial charge in [0.25, 0.3) is 0 Å². The Morgan fingerprint density at radius 3 is 2.65 bits per heavy atom. The fourth-order valence-electron chi connectivity index (χ4n) is 1.87. The van der Waals surface area contributed by atoms with Crippen LogP contribution in [0.4, 0.5) is 11.6 Å². The van der Waals surface area contributed by atoms with Crippen LogP contribution >= 0.6 is 0 Å². The summed E-state index contributed by atoms with van der Waals surface area (Å²) in [7, 11) is 0. The zero-order chi connectivity index (χ0) is 12.8. The molecule has 0 aliphatic heterocycles. The van der Waals surface area contributed by atoms with Gasteiger partial charge in [-0.25, -0.2) is 9.97 Å². The second-order valence-corrected chi connectivity index (χ2v) is 4.32. The first-order valence-electron chi connectivity index (χ1n) is 6.08. The van der Waals surface area contributed by atoms with Gasteiger partial charge in [-0.2, -0.15) is 0 Å². The summed E-state index contributed by atoms with van der Waals surface area (Å²) in [5.74, 6) is 1.39. The van der Waals surface area contributed by atoms with Crippen molar-refractivity contribution >= 4 is 11.6 Å². The fourth-order valence-corrected chi connectivity index (χ4v) is 1.87. The summed E-state index contributed by atoms with van der Waals surface area (Å²) in [5.41, 5.74) is 6.88. The van der Waals surface area contributed by atoms with Crippen molar-refractivity contribution < 1.29 is 5.11 Å². The quantitative estimate of drug-likeness (QED) is 0.779. The van der Waals surface area contributed by atoms with E-state index < -0.39 is 0 Å². The van der Waals surface area contributed by atoms with Gasteiger partial charge in [0.2, 0.25) is 0 Å². The molecule has 0 aromatic carbocycles. The first-order chi connectivity index (χ1) is 8.11. The summed E-state index contributed by atoms with van der Waals surface area (Å²) in [6, 6.07) is 0.270. The maximum absolute atomic E-state index is 9.12. The second kappa shape index (κ2) is 6.39. The number of nitrogens with two attached hydrogens (primary N) is 1. The van der Waals surface area contributed by atoms with Crippen molar-refractivity contribution in [3.8, 4) is 0 Å². The van der Waals surface area contributed by atoms with Gasteiger partial charge < -0.3 is 15.7 Å². The fraction of sp³-hybridized carbons (Fsp3) is 0.667. The topological polar surface area (TPSA) is 75.3 Å². The van der Waals surface area contributed by atoms with Crippen molar-refractivity contribution in [2.75, 3.05) is 23.8 Å². The molecule has 0 fully saturated rings. The van der Waals surface area contributed by atoms with Gasteiger partial charge >= 0.3 is 0 Å². The number of aliphatic hydroxyl groups is 1. The van der Waals surface area contributed by atoms with Crippen LogP contribution in [0.25, 0.3) is 0 Å². The maximum atomic E-state index is 9.12. The lowest BCUT2D eigenvalue weighted by Gasteiger charge is -2.29. The molecule has 1 heterocycles. The van der Waals surface area contributed by atoms with E-state index in [9.17, 15) is 0 Å². The van der Waals surface area contributed by atoms with E-state index in [1.54, 1.807) is 0 Å². The van der Waals surface area contributed by atoms with Crippen LogP contribution in [0, 0.1) is 0 Å². The molecular formula is C12H22N4O. The van der Waals surface area contributed by atoms with Crippen LogP contribution in [0.2, 0.25) is 0 Å². The third kappa shape index (κ3) is 3.30. The van der Waals surface area contributed by atoms with Gasteiger partial charge in [-0.15, -0.1) is 0 Å². The van der Waals surface area contributed by atoms with Gasteiger partial charge in [0.1, 0.15) is 18.0 Å². The molecule has 0 atom stereocenters. The molecule has 5 heteroatoms. The lowest BCUT2D eigenvalue weighted by molar-refractivity contribution is 0.298. The third-order valence-corrected chi connectivity index (χ3v) is 2.69. The van der Waals surface area contributed by atoms with Crippen molar-refractivity contribution in [1.29, 1.82) is 0 Å². The van der Waals surface area contributed by atoms with E-state index >= 15 is 0 Å². The van der Waals surface area contributed by atoms with E-state index in [1.165, 1.54) is 6.33 Å². The van der Waals surface area contributed by atoms with Gasteiger partial charge in [-0.05, 0) is 20.3 Å². The second-order valence-electron chi connectivity index (χ2n) is 4.32. The zero-order valence-corrected chi connectivity index (χ0v) is 10.8. The number of aromatic nitrogens is 2. The van der Waals surface area contributed by atoms with Crippen LogP contribution in [0.15, 0.2) is 6.33 Å². The number of rotatable bonds is 6. The number of aliphatic hydroxyl groups excluding tert-OH is 1. The highest BCUT2D eigenvalue weighted by molar-refractivity contribution is 5.57. The molecule has 1 aromatic heterocycles. The molecule has 3 N–H and O–H groups in total. The maximum Gasteiger partial charge on any atom is 0.137 e. The minimum atomic E-state index is 0.105. The molecule has 1 rings (SSSR count). The van der Waals surface area contributed by atoms with E-state index in [0.29, 0.717) is 12.4 Å². The average molecular weight is 238 g/mol. The summed E-state index contributed by atoms with van der Waals surface area (Å²) in [6.07, 6.45) is 3.34. The van der Waals surface area contributed by atoms with E-state index in [1.807, 2.05) is 0 Å².